The van der Waals surface area contributed by atoms with Gasteiger partial charge < -0.3 is 11.1 Å². The van der Waals surface area contributed by atoms with Crippen LogP contribution < -0.4 is 20.9 Å². The third-order valence-electron chi connectivity index (χ3n) is 3.15. The molecule has 0 aliphatic carbocycles. The summed E-state index contributed by atoms with van der Waals surface area (Å²) in [5, 5.41) is 7.32. The van der Waals surface area contributed by atoms with Crippen LogP contribution in [-0.2, 0) is 26.6 Å². The molecule has 0 aromatic heterocycles. The second-order valence-electron chi connectivity index (χ2n) is 5.03. The maximum Gasteiger partial charge on any atom is 0.316 e. The average molecular weight is 384 g/mol. The van der Waals surface area contributed by atoms with Crippen molar-refractivity contribution in [3.8, 4) is 0 Å². The third kappa shape index (κ3) is 5.26. The summed E-state index contributed by atoms with van der Waals surface area (Å²) in [6.45, 7) is -0.0332. The highest BCUT2D eigenvalue weighted by molar-refractivity contribution is 7.89. The molecule has 2 rings (SSSR count). The highest BCUT2D eigenvalue weighted by Gasteiger charge is 2.14. The molecule has 2 aromatic rings. The molecule has 0 bridgehead atoms. The molecule has 0 radical (unpaired) electrons. The number of carbonyl (C=O) groups is 1. The molecule has 6 N–H and O–H groups in total. The molecule has 0 fully saturated rings. The first-order valence-electron chi connectivity index (χ1n) is 6.86. The van der Waals surface area contributed by atoms with Crippen LogP contribution in [-0.4, -0.2) is 22.9 Å². The zero-order valence-electron chi connectivity index (χ0n) is 12.8. The maximum absolute atomic E-state index is 12.2. The van der Waals surface area contributed by atoms with Crippen molar-refractivity contribution in [2.75, 3.05) is 5.32 Å². The molecule has 0 atom stereocenters. The van der Waals surface area contributed by atoms with Gasteiger partial charge in [0.1, 0.15) is 0 Å². The molecular formula is C14H16N4O5S2. The molecular weight excluding hydrogens is 368 g/mol. The van der Waals surface area contributed by atoms with Crippen LogP contribution >= 0.6 is 0 Å². The predicted octanol–water partition coefficient (Wildman–Crippen LogP) is 0.303. The first-order valence-corrected chi connectivity index (χ1v) is 9.89. The number of hydrogen-bond donors (Lipinski definition) is 4. The number of nitrogens with two attached hydrogens (primary N) is 2. The van der Waals surface area contributed by atoms with Crippen molar-refractivity contribution >= 4 is 31.8 Å². The number of sulfonamides is 2. The molecule has 25 heavy (non-hydrogen) atoms. The molecule has 134 valence electrons. The number of carbonyl (C=O) groups excluding carboxylic acids is 1. The highest BCUT2D eigenvalue weighted by atomic mass is 32.2. The van der Waals surface area contributed by atoms with Gasteiger partial charge in [0, 0.05) is 12.2 Å². The lowest BCUT2D eigenvalue weighted by atomic mass is 10.2. The van der Waals surface area contributed by atoms with E-state index in [0.717, 1.165) is 0 Å². The molecule has 2 aromatic carbocycles. The summed E-state index contributed by atoms with van der Waals surface area (Å²) < 4.78 is 49.2. The van der Waals surface area contributed by atoms with Gasteiger partial charge in [0.05, 0.1) is 9.79 Å². The maximum atomic E-state index is 12.2. The van der Waals surface area contributed by atoms with Gasteiger partial charge in [0.15, 0.2) is 0 Å². The summed E-state index contributed by atoms with van der Waals surface area (Å²) in [4.78, 5) is 10.7. The summed E-state index contributed by atoms with van der Waals surface area (Å²) in [6.07, 6.45) is 0. The van der Waals surface area contributed by atoms with Gasteiger partial charge in [-0.2, -0.15) is 0 Å². The third-order valence-corrected chi connectivity index (χ3v) is 5.50. The number of nitrogens with one attached hydrogen (secondary N) is 2. The Morgan fingerprint density at radius 3 is 1.88 bits per heavy atom. The van der Waals surface area contributed by atoms with Crippen LogP contribution in [0, 0.1) is 0 Å². The number of amides is 2. The smallest absolute Gasteiger partial charge is 0.316 e. The van der Waals surface area contributed by atoms with E-state index < -0.39 is 26.1 Å². The van der Waals surface area contributed by atoms with Gasteiger partial charge in [-0.1, -0.05) is 12.1 Å². The quantitative estimate of drug-likeness (QED) is 0.562. The monoisotopic (exact) mass is 384 g/mol. The van der Waals surface area contributed by atoms with E-state index in [4.69, 9.17) is 10.9 Å². The minimum atomic E-state index is -3.80. The van der Waals surface area contributed by atoms with Crippen molar-refractivity contribution in [1.82, 2.24) is 4.72 Å². The molecule has 9 nitrogen and oxygen atoms in total. The van der Waals surface area contributed by atoms with Crippen molar-refractivity contribution < 1.29 is 21.6 Å². The van der Waals surface area contributed by atoms with Crippen molar-refractivity contribution in [3.63, 3.8) is 0 Å². The number of primary sulfonamides is 1. The van der Waals surface area contributed by atoms with Crippen LogP contribution in [0.5, 0.6) is 0 Å². The van der Waals surface area contributed by atoms with Crippen molar-refractivity contribution in [1.29, 1.82) is 0 Å². The summed E-state index contributed by atoms with van der Waals surface area (Å²) in [7, 11) is -7.58. The van der Waals surface area contributed by atoms with Crippen molar-refractivity contribution in [2.24, 2.45) is 10.9 Å². The topological polar surface area (TPSA) is 161 Å². The van der Waals surface area contributed by atoms with E-state index in [1.807, 2.05) is 0 Å². The molecule has 0 spiro atoms. The van der Waals surface area contributed by atoms with Gasteiger partial charge in [-0.15, -0.1) is 0 Å². The fraction of sp³-hybridized carbons (Fsp3) is 0.0714. The second-order valence-corrected chi connectivity index (χ2v) is 8.36. The zero-order valence-corrected chi connectivity index (χ0v) is 14.5. The van der Waals surface area contributed by atoms with Gasteiger partial charge in [-0.05, 0) is 42.0 Å². The second kappa shape index (κ2) is 7.19. The predicted molar refractivity (Wildman–Crippen MR) is 91.5 cm³/mol. The Labute approximate surface area is 145 Å². The normalized spacial score (nSPS) is 11.9. The van der Waals surface area contributed by atoms with Crippen molar-refractivity contribution in [3.05, 3.63) is 54.1 Å². The van der Waals surface area contributed by atoms with Gasteiger partial charge in [-0.3, -0.25) is 0 Å². The minimum Gasteiger partial charge on any atom is -0.351 e. The zero-order chi connectivity index (χ0) is 18.7. The lowest BCUT2D eigenvalue weighted by molar-refractivity contribution is 0.259. The summed E-state index contributed by atoms with van der Waals surface area (Å²) in [5.74, 6) is 0. The Balaban J connectivity index is 2.07. The first-order chi connectivity index (χ1) is 11.6. The largest absolute Gasteiger partial charge is 0.351 e. The van der Waals surface area contributed by atoms with Crippen LogP contribution in [0.25, 0.3) is 0 Å². The van der Waals surface area contributed by atoms with Crippen LogP contribution in [0.1, 0.15) is 5.56 Å². The number of primary amides is 1. The number of anilines is 1. The van der Waals surface area contributed by atoms with E-state index in [1.165, 1.54) is 48.5 Å². The van der Waals surface area contributed by atoms with E-state index in [-0.39, 0.29) is 16.3 Å². The van der Waals surface area contributed by atoms with Crippen LogP contribution in [0.15, 0.2) is 58.3 Å². The lowest BCUT2D eigenvalue weighted by Gasteiger charge is -2.08. The number of urea groups is 1. The van der Waals surface area contributed by atoms with Crippen molar-refractivity contribution in [2.45, 2.75) is 16.3 Å². The summed E-state index contributed by atoms with van der Waals surface area (Å²) >= 11 is 0. The van der Waals surface area contributed by atoms with Crippen LogP contribution in [0.3, 0.4) is 0 Å². The summed E-state index contributed by atoms with van der Waals surface area (Å²) in [6, 6.07) is 10.2. The molecule has 0 saturated carbocycles. The molecule has 0 unspecified atom stereocenters. The Kier molecular flexibility index (Phi) is 5.42. The van der Waals surface area contributed by atoms with Crippen LogP contribution in [0.2, 0.25) is 0 Å². The molecule has 0 heterocycles. The summed E-state index contributed by atoms with van der Waals surface area (Å²) in [5.41, 5.74) is 5.90. The van der Waals surface area contributed by atoms with E-state index in [2.05, 4.69) is 10.0 Å². The Hall–Kier alpha value is -2.47. The fourth-order valence-corrected chi connectivity index (χ4v) is 3.45. The standard InChI is InChI=1S/C14H16N4O5S2/c15-14(19)18-11-3-7-13(8-4-11)25(22,23)17-9-10-1-5-12(6-2-10)24(16,20)21/h1-8,17H,9H2,(H3,15,18,19)(H2,16,20,21). The molecule has 0 aliphatic heterocycles. The minimum absolute atomic E-state index is 0.00340. The molecule has 2 amide bonds. The van der Waals surface area contributed by atoms with Gasteiger partial charge in [0.2, 0.25) is 20.0 Å². The number of benzene rings is 2. The van der Waals surface area contributed by atoms with E-state index in [0.29, 0.717) is 11.3 Å². The fourth-order valence-electron chi connectivity index (χ4n) is 1.92. The Morgan fingerprint density at radius 2 is 1.40 bits per heavy atom. The molecule has 0 saturated heterocycles. The first kappa shape index (κ1) is 18.9. The van der Waals surface area contributed by atoms with E-state index in [9.17, 15) is 21.6 Å². The average Bonchev–Trinajstić information content (AvgIpc) is 2.52. The van der Waals surface area contributed by atoms with E-state index >= 15 is 0 Å². The molecule has 0 aliphatic rings. The molecule has 11 heteroatoms. The van der Waals surface area contributed by atoms with E-state index in [1.54, 1.807) is 0 Å². The number of rotatable bonds is 6. The van der Waals surface area contributed by atoms with Gasteiger partial charge in [-0.25, -0.2) is 31.5 Å². The Bertz CT molecular complexity index is 969. The SMILES string of the molecule is NC(=O)Nc1ccc(S(=O)(=O)NCc2ccc(S(N)(=O)=O)cc2)cc1. The van der Waals surface area contributed by atoms with Gasteiger partial charge in [0.25, 0.3) is 0 Å². The van der Waals surface area contributed by atoms with Crippen LogP contribution in [0.4, 0.5) is 10.5 Å². The van der Waals surface area contributed by atoms with Gasteiger partial charge >= 0.3 is 6.03 Å². The Morgan fingerprint density at radius 1 is 0.880 bits per heavy atom. The number of hydrogen-bond acceptors (Lipinski definition) is 5. The highest BCUT2D eigenvalue weighted by Crippen LogP contribution is 2.15. The lowest BCUT2D eigenvalue weighted by Crippen LogP contribution is -2.23.